The maximum Gasteiger partial charge on any atom is 0.138 e. The van der Waals surface area contributed by atoms with Gasteiger partial charge in [-0.3, -0.25) is 0 Å². The van der Waals surface area contributed by atoms with Gasteiger partial charge >= 0.3 is 0 Å². The summed E-state index contributed by atoms with van der Waals surface area (Å²) in [5.41, 5.74) is 2.91. The normalized spacial score (nSPS) is 24.6. The molecule has 0 saturated carbocycles. The van der Waals surface area contributed by atoms with Crippen molar-refractivity contribution in [2.75, 3.05) is 6.61 Å². The molecule has 0 radical (unpaired) electrons. The Kier molecular flexibility index (Phi) is 2.57. The molecule has 5 rings (SSSR count). The molecule has 2 aromatic carbocycles. The van der Waals surface area contributed by atoms with E-state index in [9.17, 15) is 5.11 Å². The summed E-state index contributed by atoms with van der Waals surface area (Å²) >= 11 is 0. The minimum absolute atomic E-state index is 0.0785. The van der Waals surface area contributed by atoms with Gasteiger partial charge in [0.15, 0.2) is 0 Å². The Hall–Kier alpha value is -2.62. The van der Waals surface area contributed by atoms with Crippen LogP contribution < -0.4 is 14.2 Å². The zero-order valence-electron chi connectivity index (χ0n) is 13.6. The molecule has 122 valence electrons. The Morgan fingerprint density at radius 3 is 2.79 bits per heavy atom. The van der Waals surface area contributed by atoms with Crippen molar-refractivity contribution in [2.24, 2.45) is 0 Å². The van der Waals surface area contributed by atoms with Gasteiger partial charge in [0.2, 0.25) is 0 Å². The van der Waals surface area contributed by atoms with Crippen LogP contribution in [-0.4, -0.2) is 17.3 Å². The predicted octanol–water partition coefficient (Wildman–Crippen LogP) is 4.19. The Labute approximate surface area is 140 Å². The third-order valence-corrected chi connectivity index (χ3v) is 4.92. The van der Waals surface area contributed by atoms with E-state index < -0.39 is 0 Å². The lowest BCUT2D eigenvalue weighted by Crippen LogP contribution is -2.27. The molecule has 4 nitrogen and oxygen atoms in total. The van der Waals surface area contributed by atoms with Crippen molar-refractivity contribution in [3.8, 4) is 23.0 Å². The first-order chi connectivity index (χ1) is 11.5. The van der Waals surface area contributed by atoms with Crippen molar-refractivity contribution < 1.29 is 19.3 Å². The molecule has 3 heterocycles. The van der Waals surface area contributed by atoms with E-state index in [-0.39, 0.29) is 23.4 Å². The molecule has 0 aliphatic carbocycles. The van der Waals surface area contributed by atoms with E-state index in [2.05, 4.69) is 18.2 Å². The van der Waals surface area contributed by atoms with Crippen molar-refractivity contribution in [3.63, 3.8) is 0 Å². The lowest BCUT2D eigenvalue weighted by Gasteiger charge is -2.28. The maximum absolute atomic E-state index is 9.65. The van der Waals surface area contributed by atoms with Crippen LogP contribution >= 0.6 is 0 Å². The summed E-state index contributed by atoms with van der Waals surface area (Å²) in [6, 6.07) is 9.35. The fourth-order valence-corrected chi connectivity index (χ4v) is 3.72. The number of hydrogen-bond donors (Lipinski definition) is 1. The highest BCUT2D eigenvalue weighted by atomic mass is 16.5. The van der Waals surface area contributed by atoms with Crippen LogP contribution in [0.3, 0.4) is 0 Å². The van der Waals surface area contributed by atoms with E-state index in [4.69, 9.17) is 14.2 Å². The van der Waals surface area contributed by atoms with E-state index in [1.807, 2.05) is 26.0 Å². The van der Waals surface area contributed by atoms with Crippen LogP contribution in [0.4, 0.5) is 0 Å². The lowest BCUT2D eigenvalue weighted by molar-refractivity contribution is 0.138. The molecule has 2 atom stereocenters. The summed E-state index contributed by atoms with van der Waals surface area (Å²) in [4.78, 5) is 0. The molecule has 0 fully saturated rings. The van der Waals surface area contributed by atoms with Crippen LogP contribution in [0.15, 0.2) is 36.4 Å². The summed E-state index contributed by atoms with van der Waals surface area (Å²) in [6.45, 7) is 4.62. The van der Waals surface area contributed by atoms with Gasteiger partial charge in [-0.2, -0.15) is 0 Å². The van der Waals surface area contributed by atoms with Crippen LogP contribution in [-0.2, 0) is 0 Å². The molecule has 0 aromatic heterocycles. The summed E-state index contributed by atoms with van der Waals surface area (Å²) in [5.74, 6) is 2.78. The molecule has 0 saturated heterocycles. The first kappa shape index (κ1) is 13.8. The zero-order chi connectivity index (χ0) is 16.5. The molecule has 0 amide bonds. The van der Waals surface area contributed by atoms with Crippen molar-refractivity contribution in [1.82, 2.24) is 0 Å². The highest BCUT2D eigenvalue weighted by Crippen LogP contribution is 2.53. The lowest BCUT2D eigenvalue weighted by atomic mass is 9.88. The van der Waals surface area contributed by atoms with Crippen LogP contribution in [0.25, 0.3) is 6.08 Å². The summed E-state index contributed by atoms with van der Waals surface area (Å²) < 4.78 is 18.2. The number of aromatic hydroxyl groups is 1. The SMILES string of the molecule is CC1(C)C=Cc2cc3c(cc2O1)O[C@H]1c2ccc(O)cc2OC[C@H]31. The summed E-state index contributed by atoms with van der Waals surface area (Å²) in [7, 11) is 0. The van der Waals surface area contributed by atoms with E-state index >= 15 is 0 Å². The second kappa shape index (κ2) is 4.47. The van der Waals surface area contributed by atoms with Gasteiger partial charge in [0.25, 0.3) is 0 Å². The van der Waals surface area contributed by atoms with E-state index in [0.717, 1.165) is 28.2 Å². The summed E-state index contributed by atoms with van der Waals surface area (Å²) in [5, 5.41) is 9.65. The second-order valence-electron chi connectivity index (χ2n) is 7.14. The predicted molar refractivity (Wildman–Crippen MR) is 89.9 cm³/mol. The third-order valence-electron chi connectivity index (χ3n) is 4.92. The fraction of sp³-hybridized carbons (Fsp3) is 0.300. The Bertz CT molecular complexity index is 881. The zero-order valence-corrected chi connectivity index (χ0v) is 13.6. The molecule has 0 bridgehead atoms. The van der Waals surface area contributed by atoms with Gasteiger partial charge in [-0.1, -0.05) is 6.08 Å². The molecule has 0 unspecified atom stereocenters. The van der Waals surface area contributed by atoms with Crippen molar-refractivity contribution in [3.05, 3.63) is 53.1 Å². The molecular formula is C20H18O4. The second-order valence-corrected chi connectivity index (χ2v) is 7.14. The van der Waals surface area contributed by atoms with Crippen LogP contribution in [0.1, 0.15) is 42.6 Å². The number of phenolic OH excluding ortho intramolecular Hbond substituents is 1. The third kappa shape index (κ3) is 1.92. The van der Waals surface area contributed by atoms with Gasteiger partial charge in [0.05, 0.1) is 12.5 Å². The van der Waals surface area contributed by atoms with Crippen molar-refractivity contribution in [1.29, 1.82) is 0 Å². The minimum Gasteiger partial charge on any atom is -0.508 e. The Morgan fingerprint density at radius 2 is 1.92 bits per heavy atom. The monoisotopic (exact) mass is 322 g/mol. The number of ether oxygens (including phenoxy) is 3. The van der Waals surface area contributed by atoms with Crippen molar-refractivity contribution >= 4 is 6.08 Å². The number of phenols is 1. The topological polar surface area (TPSA) is 47.9 Å². The number of rotatable bonds is 0. The van der Waals surface area contributed by atoms with Crippen LogP contribution in [0, 0.1) is 0 Å². The molecule has 2 aromatic rings. The highest BCUT2D eigenvalue weighted by molar-refractivity contribution is 5.66. The van der Waals surface area contributed by atoms with Gasteiger partial charge in [-0.05, 0) is 38.1 Å². The first-order valence-electron chi connectivity index (χ1n) is 8.19. The molecule has 1 N–H and O–H groups in total. The van der Waals surface area contributed by atoms with E-state index in [1.165, 1.54) is 0 Å². The first-order valence-corrected chi connectivity index (χ1v) is 8.19. The smallest absolute Gasteiger partial charge is 0.138 e. The molecular weight excluding hydrogens is 304 g/mol. The minimum atomic E-state index is -0.306. The highest BCUT2D eigenvalue weighted by Gasteiger charge is 2.41. The molecule has 0 spiro atoms. The number of fused-ring (bicyclic) bond motifs is 6. The van der Waals surface area contributed by atoms with Gasteiger partial charge < -0.3 is 19.3 Å². The Balaban J connectivity index is 1.58. The Morgan fingerprint density at radius 1 is 1.04 bits per heavy atom. The van der Waals surface area contributed by atoms with Crippen LogP contribution in [0.5, 0.6) is 23.0 Å². The standard InChI is InChI=1S/C20H18O4/c1-20(2)6-5-11-7-14-15-10-22-17-8-12(21)3-4-13(17)19(15)23-18(14)9-16(11)24-20/h3-9,15,19,21H,10H2,1-2H3/t15-,19+/m1/s1. The van der Waals surface area contributed by atoms with Crippen molar-refractivity contribution in [2.45, 2.75) is 31.5 Å². The fourth-order valence-electron chi connectivity index (χ4n) is 3.72. The maximum atomic E-state index is 9.65. The van der Waals surface area contributed by atoms with Gasteiger partial charge in [-0.15, -0.1) is 0 Å². The molecule has 24 heavy (non-hydrogen) atoms. The van der Waals surface area contributed by atoms with E-state index in [1.54, 1.807) is 12.1 Å². The van der Waals surface area contributed by atoms with Gasteiger partial charge in [0, 0.05) is 28.8 Å². The number of benzene rings is 2. The summed E-state index contributed by atoms with van der Waals surface area (Å²) in [6.07, 6.45) is 4.11. The largest absolute Gasteiger partial charge is 0.508 e. The van der Waals surface area contributed by atoms with Gasteiger partial charge in [0.1, 0.15) is 34.7 Å². The quantitative estimate of drug-likeness (QED) is 0.790. The van der Waals surface area contributed by atoms with Gasteiger partial charge in [-0.25, -0.2) is 0 Å². The molecule has 3 aliphatic heterocycles. The number of hydrogen-bond acceptors (Lipinski definition) is 4. The van der Waals surface area contributed by atoms with E-state index in [0.29, 0.717) is 12.4 Å². The van der Waals surface area contributed by atoms with Crippen LogP contribution in [0.2, 0.25) is 0 Å². The molecule has 3 aliphatic rings. The average molecular weight is 322 g/mol. The molecule has 4 heteroatoms. The average Bonchev–Trinajstić information content (AvgIpc) is 2.89.